The van der Waals surface area contributed by atoms with Crippen molar-refractivity contribution in [2.24, 2.45) is 5.92 Å². The molecule has 1 fully saturated rings. The van der Waals surface area contributed by atoms with Gasteiger partial charge < -0.3 is 15.5 Å². The highest BCUT2D eigenvalue weighted by Crippen LogP contribution is 2.20. The molecular formula is C16H27N3. The van der Waals surface area contributed by atoms with Crippen LogP contribution in [-0.2, 0) is 6.42 Å². The lowest BCUT2D eigenvalue weighted by Crippen LogP contribution is -2.34. The third-order valence-corrected chi connectivity index (χ3v) is 4.20. The van der Waals surface area contributed by atoms with E-state index in [0.717, 1.165) is 18.0 Å². The van der Waals surface area contributed by atoms with Crippen LogP contribution in [-0.4, -0.2) is 49.6 Å². The van der Waals surface area contributed by atoms with Gasteiger partial charge in [-0.15, -0.1) is 0 Å². The Bertz CT molecular complexity index is 403. The third kappa shape index (κ3) is 3.95. The van der Waals surface area contributed by atoms with Crippen molar-refractivity contribution in [3.05, 3.63) is 29.8 Å². The molecule has 2 unspecified atom stereocenters. The van der Waals surface area contributed by atoms with Crippen LogP contribution in [0.15, 0.2) is 24.3 Å². The average molecular weight is 261 g/mol. The molecule has 1 aromatic rings. The molecule has 2 atom stereocenters. The number of nitrogens with two attached hydrogens (primary N) is 1. The molecule has 106 valence electrons. The molecule has 1 aliphatic rings. The van der Waals surface area contributed by atoms with Gasteiger partial charge in [-0.2, -0.15) is 0 Å². The van der Waals surface area contributed by atoms with E-state index in [1.165, 1.54) is 31.6 Å². The highest BCUT2D eigenvalue weighted by Gasteiger charge is 2.30. The lowest BCUT2D eigenvalue weighted by atomic mass is 10.1. The van der Waals surface area contributed by atoms with Crippen LogP contribution in [0.5, 0.6) is 0 Å². The van der Waals surface area contributed by atoms with Gasteiger partial charge in [0.25, 0.3) is 0 Å². The first-order valence-electron chi connectivity index (χ1n) is 7.29. The number of likely N-dealkylation sites (N-methyl/N-ethyl adjacent to an activating group) is 1. The van der Waals surface area contributed by atoms with Crippen molar-refractivity contribution >= 4 is 5.69 Å². The number of aryl methyl sites for hydroxylation is 1. The molecule has 1 aliphatic heterocycles. The second-order valence-electron chi connectivity index (χ2n) is 6.12. The van der Waals surface area contributed by atoms with Crippen molar-refractivity contribution in [2.75, 3.05) is 39.5 Å². The van der Waals surface area contributed by atoms with E-state index in [0.29, 0.717) is 6.04 Å². The number of nitrogens with zero attached hydrogens (tertiary/aromatic N) is 2. The van der Waals surface area contributed by atoms with Crippen LogP contribution in [0.1, 0.15) is 18.9 Å². The smallest absolute Gasteiger partial charge is 0.0316 e. The fourth-order valence-electron chi connectivity index (χ4n) is 3.16. The molecule has 0 aliphatic carbocycles. The van der Waals surface area contributed by atoms with Gasteiger partial charge in [0, 0.05) is 24.8 Å². The van der Waals surface area contributed by atoms with E-state index >= 15 is 0 Å². The average Bonchev–Trinajstić information content (AvgIpc) is 2.71. The number of hydrogen-bond acceptors (Lipinski definition) is 3. The van der Waals surface area contributed by atoms with Gasteiger partial charge in [-0.1, -0.05) is 19.1 Å². The highest BCUT2D eigenvalue weighted by atomic mass is 15.2. The Morgan fingerprint density at radius 3 is 2.74 bits per heavy atom. The third-order valence-electron chi connectivity index (χ3n) is 4.20. The van der Waals surface area contributed by atoms with Crippen LogP contribution in [0.4, 0.5) is 5.69 Å². The van der Waals surface area contributed by atoms with Gasteiger partial charge in [0.05, 0.1) is 0 Å². The van der Waals surface area contributed by atoms with Crippen molar-refractivity contribution < 1.29 is 0 Å². The normalized spacial score (nSPS) is 24.2. The molecule has 2 N–H and O–H groups in total. The summed E-state index contributed by atoms with van der Waals surface area (Å²) in [5.41, 5.74) is 8.04. The Labute approximate surface area is 117 Å². The quantitative estimate of drug-likeness (QED) is 0.824. The number of anilines is 1. The van der Waals surface area contributed by atoms with Gasteiger partial charge in [0.2, 0.25) is 0 Å². The van der Waals surface area contributed by atoms with Crippen molar-refractivity contribution in [2.45, 2.75) is 25.8 Å². The van der Waals surface area contributed by atoms with Gasteiger partial charge in [-0.25, -0.2) is 0 Å². The van der Waals surface area contributed by atoms with Gasteiger partial charge in [0.15, 0.2) is 0 Å². The lowest BCUT2D eigenvalue weighted by Gasteiger charge is -2.22. The van der Waals surface area contributed by atoms with Gasteiger partial charge in [0.1, 0.15) is 0 Å². The Balaban J connectivity index is 1.75. The zero-order chi connectivity index (χ0) is 13.8. The van der Waals surface area contributed by atoms with Crippen molar-refractivity contribution in [1.82, 2.24) is 9.80 Å². The Morgan fingerprint density at radius 1 is 1.32 bits per heavy atom. The summed E-state index contributed by atoms with van der Waals surface area (Å²) >= 11 is 0. The summed E-state index contributed by atoms with van der Waals surface area (Å²) in [6.45, 7) is 6.01. The van der Waals surface area contributed by atoms with Crippen LogP contribution in [0.3, 0.4) is 0 Å². The molecule has 0 radical (unpaired) electrons. The molecule has 2 rings (SSSR count). The standard InChI is InChI=1S/C16H27N3/c1-13-11-19(12-16(13)18(2)3)9-5-7-14-6-4-8-15(17)10-14/h4,6,8,10,13,16H,5,7,9,11-12,17H2,1-3H3. The first-order valence-corrected chi connectivity index (χ1v) is 7.29. The monoisotopic (exact) mass is 261 g/mol. The van der Waals surface area contributed by atoms with Gasteiger partial charge in [-0.05, 0) is 57.1 Å². The number of hydrogen-bond donors (Lipinski definition) is 1. The maximum absolute atomic E-state index is 5.81. The number of rotatable bonds is 5. The molecule has 0 amide bonds. The first kappa shape index (κ1) is 14.4. The molecule has 1 heterocycles. The Morgan fingerprint density at radius 2 is 2.11 bits per heavy atom. The molecule has 19 heavy (non-hydrogen) atoms. The van der Waals surface area contributed by atoms with E-state index in [1.807, 2.05) is 12.1 Å². The fourth-order valence-corrected chi connectivity index (χ4v) is 3.16. The zero-order valence-corrected chi connectivity index (χ0v) is 12.5. The van der Waals surface area contributed by atoms with E-state index < -0.39 is 0 Å². The largest absolute Gasteiger partial charge is 0.399 e. The Kier molecular flexibility index (Phi) is 4.83. The van der Waals surface area contributed by atoms with Gasteiger partial charge in [-0.3, -0.25) is 0 Å². The minimum absolute atomic E-state index is 0.715. The summed E-state index contributed by atoms with van der Waals surface area (Å²) < 4.78 is 0. The second kappa shape index (κ2) is 6.40. The highest BCUT2D eigenvalue weighted by molar-refractivity contribution is 5.40. The molecule has 0 bridgehead atoms. The lowest BCUT2D eigenvalue weighted by molar-refractivity contribution is 0.251. The zero-order valence-electron chi connectivity index (χ0n) is 12.5. The topological polar surface area (TPSA) is 32.5 Å². The second-order valence-corrected chi connectivity index (χ2v) is 6.12. The van der Waals surface area contributed by atoms with E-state index in [1.54, 1.807) is 0 Å². The first-order chi connectivity index (χ1) is 9.06. The van der Waals surface area contributed by atoms with Crippen LogP contribution in [0.25, 0.3) is 0 Å². The summed E-state index contributed by atoms with van der Waals surface area (Å²) in [7, 11) is 4.38. The van der Waals surface area contributed by atoms with Crippen LogP contribution in [0.2, 0.25) is 0 Å². The van der Waals surface area contributed by atoms with Crippen molar-refractivity contribution in [3.8, 4) is 0 Å². The predicted octanol–water partition coefficient (Wildman–Crippen LogP) is 2.08. The number of nitrogen functional groups attached to an aromatic ring is 1. The van der Waals surface area contributed by atoms with E-state index in [4.69, 9.17) is 5.73 Å². The maximum atomic E-state index is 5.81. The molecular weight excluding hydrogens is 234 g/mol. The minimum Gasteiger partial charge on any atom is -0.399 e. The van der Waals surface area contributed by atoms with Crippen LogP contribution in [0, 0.1) is 5.92 Å². The predicted molar refractivity (Wildman–Crippen MR) is 82.3 cm³/mol. The maximum Gasteiger partial charge on any atom is 0.0316 e. The molecule has 1 aromatic carbocycles. The van der Waals surface area contributed by atoms with Gasteiger partial charge >= 0.3 is 0 Å². The minimum atomic E-state index is 0.715. The molecule has 0 spiro atoms. The molecule has 0 aromatic heterocycles. The molecule has 1 saturated heterocycles. The summed E-state index contributed by atoms with van der Waals surface area (Å²) in [4.78, 5) is 4.96. The van der Waals surface area contributed by atoms with Crippen molar-refractivity contribution in [3.63, 3.8) is 0 Å². The Hall–Kier alpha value is -1.06. The summed E-state index contributed by atoms with van der Waals surface area (Å²) in [6.07, 6.45) is 2.35. The van der Waals surface area contributed by atoms with E-state index in [2.05, 4.69) is 43.0 Å². The summed E-state index contributed by atoms with van der Waals surface area (Å²) in [6, 6.07) is 8.98. The fraction of sp³-hybridized carbons (Fsp3) is 0.625. The van der Waals surface area contributed by atoms with E-state index in [-0.39, 0.29) is 0 Å². The molecule has 3 heteroatoms. The van der Waals surface area contributed by atoms with Crippen molar-refractivity contribution in [1.29, 1.82) is 0 Å². The number of likely N-dealkylation sites (tertiary alicyclic amines) is 1. The summed E-state index contributed by atoms with van der Waals surface area (Å²) in [5, 5.41) is 0. The van der Waals surface area contributed by atoms with Crippen LogP contribution < -0.4 is 5.73 Å². The van der Waals surface area contributed by atoms with E-state index in [9.17, 15) is 0 Å². The molecule has 0 saturated carbocycles. The summed E-state index contributed by atoms with van der Waals surface area (Å²) in [5.74, 6) is 0.780. The molecule has 3 nitrogen and oxygen atoms in total. The van der Waals surface area contributed by atoms with Crippen LogP contribution >= 0.6 is 0 Å². The SMILES string of the molecule is CC1CN(CCCc2cccc(N)c2)CC1N(C)C. The number of benzene rings is 1.